The lowest BCUT2D eigenvalue weighted by atomic mass is 10.1. The molecule has 144 valence electrons. The summed E-state index contributed by atoms with van der Waals surface area (Å²) in [6.45, 7) is 9.28. The largest absolute Gasteiger partial charge is 0.396 e. The van der Waals surface area contributed by atoms with Crippen LogP contribution in [0.15, 0.2) is 24.7 Å². The molecule has 2 aromatic heterocycles. The number of ether oxygens (including phenoxy) is 1. The quantitative estimate of drug-likeness (QED) is 0.493. The van der Waals surface area contributed by atoms with E-state index in [-0.39, 0.29) is 12.6 Å². The summed E-state index contributed by atoms with van der Waals surface area (Å²) in [6.07, 6.45) is 0.194. The van der Waals surface area contributed by atoms with Crippen molar-refractivity contribution in [1.82, 2.24) is 14.5 Å². The molecular weight excluding hydrogens is 359 g/mol. The van der Waals surface area contributed by atoms with Crippen LogP contribution in [0.1, 0.15) is 22.6 Å². The predicted molar refractivity (Wildman–Crippen MR) is 97.9 cm³/mol. The second-order valence-corrected chi connectivity index (χ2v) is 13.4. The second kappa shape index (κ2) is 8.35. The molecule has 0 atom stereocenters. The third-order valence-corrected chi connectivity index (χ3v) is 5.71. The Balaban J connectivity index is 2.11. The minimum absolute atomic E-state index is 0.00721. The van der Waals surface area contributed by atoms with Crippen molar-refractivity contribution >= 4 is 8.07 Å². The second-order valence-electron chi connectivity index (χ2n) is 7.74. The van der Waals surface area contributed by atoms with E-state index in [1.54, 1.807) is 18.6 Å². The van der Waals surface area contributed by atoms with Crippen LogP contribution in [-0.2, 0) is 24.3 Å². The fourth-order valence-corrected chi connectivity index (χ4v) is 3.22. The lowest BCUT2D eigenvalue weighted by Crippen LogP contribution is -2.22. The van der Waals surface area contributed by atoms with Gasteiger partial charge in [0.25, 0.3) is 0 Å². The van der Waals surface area contributed by atoms with E-state index in [4.69, 9.17) is 4.74 Å². The Morgan fingerprint density at radius 3 is 2.58 bits per heavy atom. The van der Waals surface area contributed by atoms with Crippen molar-refractivity contribution in [2.45, 2.75) is 58.4 Å². The van der Waals surface area contributed by atoms with Gasteiger partial charge < -0.3 is 9.30 Å². The Morgan fingerprint density at radius 1 is 1.23 bits per heavy atom. The van der Waals surface area contributed by atoms with E-state index >= 15 is 0 Å². The lowest BCUT2D eigenvalue weighted by molar-refractivity contribution is -0.129. The van der Waals surface area contributed by atoms with Gasteiger partial charge in [0.2, 0.25) is 0 Å². The predicted octanol–water partition coefficient (Wildman–Crippen LogP) is 4.59. The van der Waals surface area contributed by atoms with Crippen molar-refractivity contribution < 1.29 is 17.9 Å². The van der Waals surface area contributed by atoms with Crippen LogP contribution >= 0.6 is 0 Å². The van der Waals surface area contributed by atoms with Crippen LogP contribution in [0.5, 0.6) is 0 Å². The minimum atomic E-state index is -4.30. The van der Waals surface area contributed by atoms with E-state index in [2.05, 4.69) is 29.6 Å². The molecule has 0 aliphatic rings. The van der Waals surface area contributed by atoms with Crippen molar-refractivity contribution in [3.63, 3.8) is 0 Å². The van der Waals surface area contributed by atoms with E-state index in [0.29, 0.717) is 18.7 Å². The van der Waals surface area contributed by atoms with Gasteiger partial charge in [-0.15, -0.1) is 0 Å². The zero-order valence-electron chi connectivity index (χ0n) is 15.7. The number of nitrogens with zero attached hydrogens (tertiary/aromatic N) is 3. The van der Waals surface area contributed by atoms with Gasteiger partial charge in [0, 0.05) is 39.7 Å². The number of hydrogen-bond donors (Lipinski definition) is 0. The minimum Gasteiger partial charge on any atom is -0.361 e. The third kappa shape index (κ3) is 6.91. The Labute approximate surface area is 153 Å². The summed E-state index contributed by atoms with van der Waals surface area (Å²) in [5, 5.41) is 0. The van der Waals surface area contributed by atoms with Crippen LogP contribution in [0.4, 0.5) is 13.2 Å². The number of imidazole rings is 1. The molecule has 0 aromatic carbocycles. The SMILES string of the molecule is Cc1cnccc1Cc1cn(COCC[Si](C)(C)C)c(CC(F)(F)F)n1. The van der Waals surface area contributed by atoms with Gasteiger partial charge in [-0.1, -0.05) is 19.6 Å². The zero-order chi connectivity index (χ0) is 19.4. The summed E-state index contributed by atoms with van der Waals surface area (Å²) >= 11 is 0. The van der Waals surface area contributed by atoms with Crippen molar-refractivity contribution in [2.75, 3.05) is 6.61 Å². The number of rotatable bonds is 8. The Morgan fingerprint density at radius 2 is 1.96 bits per heavy atom. The fourth-order valence-electron chi connectivity index (χ4n) is 2.47. The first-order chi connectivity index (χ1) is 12.0. The molecule has 26 heavy (non-hydrogen) atoms. The highest BCUT2D eigenvalue weighted by Gasteiger charge is 2.30. The number of aryl methyl sites for hydroxylation is 1. The molecule has 4 nitrogen and oxygen atoms in total. The molecule has 0 fully saturated rings. The summed E-state index contributed by atoms with van der Waals surface area (Å²) in [6, 6.07) is 2.83. The standard InChI is InChI=1S/C18H26F3N3OSi/c1-14-11-22-6-5-15(14)9-16-12-24(13-25-7-8-26(2,3)4)17(23-16)10-18(19,20)21/h5-6,11-12H,7-10,13H2,1-4H3. The first-order valence-corrected chi connectivity index (χ1v) is 12.3. The van der Waals surface area contributed by atoms with Gasteiger partial charge in [0.15, 0.2) is 0 Å². The molecule has 0 radical (unpaired) electrons. The van der Waals surface area contributed by atoms with Gasteiger partial charge in [0.1, 0.15) is 19.0 Å². The molecule has 0 bridgehead atoms. The molecule has 2 heterocycles. The molecule has 0 amide bonds. The Hall–Kier alpha value is -1.67. The topological polar surface area (TPSA) is 39.9 Å². The van der Waals surface area contributed by atoms with Gasteiger partial charge in [-0.05, 0) is 30.2 Å². The maximum absolute atomic E-state index is 12.9. The van der Waals surface area contributed by atoms with Crippen molar-refractivity contribution in [3.05, 3.63) is 47.3 Å². The third-order valence-electron chi connectivity index (χ3n) is 4.00. The highest BCUT2D eigenvalue weighted by atomic mass is 28.3. The maximum Gasteiger partial charge on any atom is 0.396 e. The molecule has 0 unspecified atom stereocenters. The summed E-state index contributed by atoms with van der Waals surface area (Å²) < 4.78 is 45.7. The highest BCUT2D eigenvalue weighted by molar-refractivity contribution is 6.76. The molecule has 8 heteroatoms. The molecule has 2 rings (SSSR count). The smallest absolute Gasteiger partial charge is 0.361 e. The molecule has 0 aliphatic carbocycles. The normalized spacial score (nSPS) is 12.6. The van der Waals surface area contributed by atoms with Gasteiger partial charge in [-0.3, -0.25) is 4.98 Å². The molecule has 0 aliphatic heterocycles. The fraction of sp³-hybridized carbons (Fsp3) is 0.556. The van der Waals surface area contributed by atoms with Crippen molar-refractivity contribution in [1.29, 1.82) is 0 Å². The van der Waals surface area contributed by atoms with Crippen molar-refractivity contribution in [3.8, 4) is 0 Å². The van der Waals surface area contributed by atoms with E-state index in [1.165, 1.54) is 4.57 Å². The summed E-state index contributed by atoms with van der Waals surface area (Å²) in [5.74, 6) is -0.00721. The zero-order valence-corrected chi connectivity index (χ0v) is 16.7. The van der Waals surface area contributed by atoms with Crippen LogP contribution < -0.4 is 0 Å². The number of hydrogen-bond acceptors (Lipinski definition) is 3. The lowest BCUT2D eigenvalue weighted by Gasteiger charge is -2.16. The maximum atomic E-state index is 12.9. The molecule has 0 saturated carbocycles. The van der Waals surface area contributed by atoms with Gasteiger partial charge in [-0.25, -0.2) is 4.98 Å². The average Bonchev–Trinajstić information content (AvgIpc) is 2.85. The molecule has 0 N–H and O–H groups in total. The summed E-state index contributed by atoms with van der Waals surface area (Å²) in [4.78, 5) is 8.25. The first kappa shape index (κ1) is 20.6. The number of aromatic nitrogens is 3. The molecule has 0 saturated heterocycles. The van der Waals surface area contributed by atoms with Crippen LogP contribution in [-0.4, -0.2) is 35.4 Å². The van der Waals surface area contributed by atoms with Crippen LogP contribution in [0.3, 0.4) is 0 Å². The number of halogens is 3. The van der Waals surface area contributed by atoms with Gasteiger partial charge in [-0.2, -0.15) is 13.2 Å². The van der Waals surface area contributed by atoms with E-state index < -0.39 is 20.7 Å². The average molecular weight is 386 g/mol. The van der Waals surface area contributed by atoms with Crippen LogP contribution in [0.25, 0.3) is 0 Å². The molecule has 2 aromatic rings. The van der Waals surface area contributed by atoms with E-state index in [9.17, 15) is 13.2 Å². The highest BCUT2D eigenvalue weighted by Crippen LogP contribution is 2.22. The number of alkyl halides is 3. The molecule has 0 spiro atoms. The summed E-state index contributed by atoms with van der Waals surface area (Å²) in [5.41, 5.74) is 2.60. The van der Waals surface area contributed by atoms with E-state index in [0.717, 1.165) is 17.2 Å². The van der Waals surface area contributed by atoms with Gasteiger partial charge >= 0.3 is 6.18 Å². The van der Waals surface area contributed by atoms with Crippen LogP contribution in [0, 0.1) is 6.92 Å². The monoisotopic (exact) mass is 385 g/mol. The Bertz CT molecular complexity index is 723. The van der Waals surface area contributed by atoms with E-state index in [1.807, 2.05) is 13.0 Å². The summed E-state index contributed by atoms with van der Waals surface area (Å²) in [7, 11) is -1.24. The number of pyridine rings is 1. The molecular formula is C18H26F3N3OSi. The van der Waals surface area contributed by atoms with Crippen LogP contribution in [0.2, 0.25) is 25.7 Å². The van der Waals surface area contributed by atoms with Gasteiger partial charge in [0.05, 0.1) is 5.69 Å². The van der Waals surface area contributed by atoms with Crippen molar-refractivity contribution in [2.24, 2.45) is 0 Å². The Kier molecular flexibility index (Phi) is 6.62. The first-order valence-electron chi connectivity index (χ1n) is 8.62.